The number of carbonyl (C=O) groups excluding carboxylic acids is 3. The lowest BCUT2D eigenvalue weighted by atomic mass is 9.52. The summed E-state index contributed by atoms with van der Waals surface area (Å²) in [7, 11) is 0. The zero-order valence-electron chi connectivity index (χ0n) is 21.1. The molecule has 0 aromatic rings. The summed E-state index contributed by atoms with van der Waals surface area (Å²) in [5.74, 6) is -2.45. The number of hydrogen-bond acceptors (Lipinski definition) is 8. The first-order valence-electron chi connectivity index (χ1n) is 12.7. The molecule has 3 fully saturated rings. The maximum atomic E-state index is 13.5. The first-order valence-corrected chi connectivity index (χ1v) is 12.7. The van der Waals surface area contributed by atoms with Gasteiger partial charge in [0.05, 0.1) is 24.7 Å². The predicted molar refractivity (Wildman–Crippen MR) is 124 cm³/mol. The minimum Gasteiger partial charge on any atom is -0.452 e. The molecule has 1 unspecified atom stereocenters. The van der Waals surface area contributed by atoms with Crippen molar-refractivity contribution in [1.82, 2.24) is 0 Å². The van der Waals surface area contributed by atoms with E-state index in [-0.39, 0.29) is 23.5 Å². The zero-order valence-corrected chi connectivity index (χ0v) is 21.1. The number of ketones is 1. The zero-order chi connectivity index (χ0) is 25.5. The minimum atomic E-state index is -2.21. The van der Waals surface area contributed by atoms with Crippen LogP contribution in [0.1, 0.15) is 60.3 Å². The van der Waals surface area contributed by atoms with Crippen LogP contribution in [0.3, 0.4) is 0 Å². The summed E-state index contributed by atoms with van der Waals surface area (Å²) < 4.78 is 17.2. The van der Waals surface area contributed by atoms with E-state index in [2.05, 4.69) is 20.8 Å². The molecule has 8 heteroatoms. The van der Waals surface area contributed by atoms with Gasteiger partial charge < -0.3 is 24.4 Å². The molecule has 2 saturated heterocycles. The van der Waals surface area contributed by atoms with Crippen molar-refractivity contribution >= 4 is 18.0 Å². The Kier molecular flexibility index (Phi) is 5.72. The van der Waals surface area contributed by atoms with Crippen LogP contribution in [0, 0.1) is 28.6 Å². The second kappa shape index (κ2) is 8.07. The van der Waals surface area contributed by atoms with Gasteiger partial charge in [-0.05, 0) is 48.7 Å². The maximum Gasteiger partial charge on any atom is 0.303 e. The highest BCUT2D eigenvalue weighted by atomic mass is 16.7. The van der Waals surface area contributed by atoms with Gasteiger partial charge in [-0.3, -0.25) is 14.4 Å². The molecule has 2 heterocycles. The first-order chi connectivity index (χ1) is 16.4. The van der Waals surface area contributed by atoms with Crippen molar-refractivity contribution < 1.29 is 38.8 Å². The van der Waals surface area contributed by atoms with Gasteiger partial charge in [-0.1, -0.05) is 38.8 Å². The Labute approximate surface area is 205 Å². The molecule has 0 aromatic heterocycles. The van der Waals surface area contributed by atoms with E-state index in [1.54, 1.807) is 0 Å². The van der Waals surface area contributed by atoms with E-state index in [9.17, 15) is 24.6 Å². The summed E-state index contributed by atoms with van der Waals surface area (Å²) in [5.41, 5.74) is -0.216. The van der Waals surface area contributed by atoms with E-state index in [1.807, 2.05) is 6.92 Å². The molecule has 5 aliphatic rings. The second-order valence-corrected chi connectivity index (χ2v) is 11.9. The van der Waals surface area contributed by atoms with Gasteiger partial charge in [0, 0.05) is 18.3 Å². The number of ether oxygens (including phenoxy) is 3. The van der Waals surface area contributed by atoms with Crippen molar-refractivity contribution in [3.05, 3.63) is 22.8 Å². The summed E-state index contributed by atoms with van der Waals surface area (Å²) in [5, 5.41) is 23.5. The molecular formula is C27H36O8. The first kappa shape index (κ1) is 24.8. The monoisotopic (exact) mass is 488 g/mol. The van der Waals surface area contributed by atoms with Crippen LogP contribution in [0.25, 0.3) is 0 Å². The molecule has 3 aliphatic carbocycles. The number of aliphatic hydroxyl groups excluding tert-OH is 1. The SMILES string of the molecule is CC(=O)O[C@H]1CO[C@@H]2OC3[C@H](C(C=O)=C[C@@H](O)[C@H]4C5=C(C(C)C)CC[C@@]5(C)CC[C@]34C)[C@]2(O)C1=O. The van der Waals surface area contributed by atoms with E-state index >= 15 is 0 Å². The Morgan fingerprint density at radius 1 is 1.23 bits per heavy atom. The third kappa shape index (κ3) is 3.29. The average molecular weight is 489 g/mol. The molecule has 0 bridgehead atoms. The van der Waals surface area contributed by atoms with Gasteiger partial charge in [0.2, 0.25) is 5.78 Å². The summed E-state index contributed by atoms with van der Waals surface area (Å²) >= 11 is 0. The molecule has 5 rings (SSSR count). The largest absolute Gasteiger partial charge is 0.452 e. The van der Waals surface area contributed by atoms with Crippen molar-refractivity contribution in [3.8, 4) is 0 Å². The summed E-state index contributed by atoms with van der Waals surface area (Å²) in [4.78, 5) is 37.4. The van der Waals surface area contributed by atoms with Crippen molar-refractivity contribution in [3.63, 3.8) is 0 Å². The average Bonchev–Trinajstić information content (AvgIpc) is 3.27. The van der Waals surface area contributed by atoms with Gasteiger partial charge in [0.25, 0.3) is 0 Å². The van der Waals surface area contributed by atoms with Crippen LogP contribution in [0.15, 0.2) is 22.8 Å². The fourth-order valence-electron chi connectivity index (χ4n) is 7.81. The van der Waals surface area contributed by atoms with Gasteiger partial charge in [-0.15, -0.1) is 0 Å². The highest BCUT2D eigenvalue weighted by Crippen LogP contribution is 2.66. The molecule has 8 nitrogen and oxygen atoms in total. The van der Waals surface area contributed by atoms with Crippen LogP contribution in [0.4, 0.5) is 0 Å². The molecule has 0 aromatic carbocycles. The molecule has 1 saturated carbocycles. The van der Waals surface area contributed by atoms with Crippen LogP contribution >= 0.6 is 0 Å². The predicted octanol–water partition coefficient (Wildman–Crippen LogP) is 2.26. The highest BCUT2D eigenvalue weighted by Gasteiger charge is 2.72. The van der Waals surface area contributed by atoms with Crippen LogP contribution in [0.2, 0.25) is 0 Å². The number of rotatable bonds is 3. The standard InChI is InChI=1S/C27H36O8/c1-13(2)16-6-7-25(4)8-9-26(5)21(20(16)25)17(30)10-15(11-28)19-23(26)35-24-27(19,32)22(31)18(12-33-24)34-14(3)29/h10-11,13,17-19,21,23-24,30,32H,6-9,12H2,1-5H3/t17-,18+,19+,21+,23?,24-,25+,26+,27+/m1/s1. The number of aliphatic hydroxyl groups is 2. The van der Waals surface area contributed by atoms with Crippen molar-refractivity contribution in [1.29, 1.82) is 0 Å². The lowest BCUT2D eigenvalue weighted by Crippen LogP contribution is -2.62. The molecule has 2 aliphatic heterocycles. The van der Waals surface area contributed by atoms with Crippen LogP contribution in [-0.4, -0.2) is 65.1 Å². The normalized spacial score (nSPS) is 46.9. The molecule has 0 amide bonds. The number of hydrogen-bond donors (Lipinski definition) is 2. The Morgan fingerprint density at radius 3 is 2.57 bits per heavy atom. The Balaban J connectivity index is 1.66. The van der Waals surface area contributed by atoms with Crippen LogP contribution < -0.4 is 0 Å². The Hall–Kier alpha value is -1.87. The third-order valence-electron chi connectivity index (χ3n) is 9.53. The van der Waals surface area contributed by atoms with Crippen molar-refractivity contribution in [2.24, 2.45) is 28.6 Å². The smallest absolute Gasteiger partial charge is 0.303 e. The number of aldehydes is 1. The Morgan fingerprint density at radius 2 is 1.94 bits per heavy atom. The van der Waals surface area contributed by atoms with Gasteiger partial charge in [-0.2, -0.15) is 0 Å². The van der Waals surface area contributed by atoms with E-state index in [0.717, 1.165) is 19.3 Å². The Bertz CT molecular complexity index is 1030. The van der Waals surface area contributed by atoms with Gasteiger partial charge in [-0.25, -0.2) is 0 Å². The molecule has 35 heavy (non-hydrogen) atoms. The van der Waals surface area contributed by atoms with Crippen molar-refractivity contribution in [2.45, 2.75) is 90.5 Å². The number of allylic oxidation sites excluding steroid dienone is 1. The number of esters is 1. The van der Waals surface area contributed by atoms with Crippen LogP contribution in [-0.2, 0) is 28.6 Å². The fraction of sp³-hybridized carbons (Fsp3) is 0.741. The summed E-state index contributed by atoms with van der Waals surface area (Å²) in [6, 6.07) is 0. The number of carbonyl (C=O) groups is 3. The molecule has 0 spiro atoms. The molecule has 0 radical (unpaired) electrons. The minimum absolute atomic E-state index is 0.0468. The summed E-state index contributed by atoms with van der Waals surface area (Å²) in [6.07, 6.45) is 1.38. The van der Waals surface area contributed by atoms with E-state index in [4.69, 9.17) is 14.2 Å². The second-order valence-electron chi connectivity index (χ2n) is 11.9. The van der Waals surface area contributed by atoms with Crippen LogP contribution in [0.5, 0.6) is 0 Å². The fourth-order valence-corrected chi connectivity index (χ4v) is 7.81. The molecule has 9 atom stereocenters. The lowest BCUT2D eigenvalue weighted by molar-refractivity contribution is -0.244. The van der Waals surface area contributed by atoms with Gasteiger partial charge in [0.1, 0.15) is 6.29 Å². The number of Topliss-reactive ketones (excluding diaryl/α,β-unsaturated/α-hetero) is 1. The molecule has 2 N–H and O–H groups in total. The summed E-state index contributed by atoms with van der Waals surface area (Å²) in [6.45, 7) is 9.59. The quantitative estimate of drug-likeness (QED) is 0.353. The number of fused-ring (bicyclic) bond motifs is 7. The van der Waals surface area contributed by atoms with Gasteiger partial charge >= 0.3 is 5.97 Å². The van der Waals surface area contributed by atoms with E-state index < -0.39 is 53.3 Å². The van der Waals surface area contributed by atoms with E-state index in [1.165, 1.54) is 24.1 Å². The van der Waals surface area contributed by atoms with E-state index in [0.29, 0.717) is 18.6 Å². The lowest BCUT2D eigenvalue weighted by Gasteiger charge is -2.53. The van der Waals surface area contributed by atoms with Gasteiger partial charge in [0.15, 0.2) is 18.0 Å². The topological polar surface area (TPSA) is 119 Å². The third-order valence-corrected chi connectivity index (χ3v) is 9.53. The maximum absolute atomic E-state index is 13.5. The van der Waals surface area contributed by atoms with Crippen molar-refractivity contribution in [2.75, 3.05) is 6.61 Å². The molecule has 192 valence electrons. The molecular weight excluding hydrogens is 452 g/mol. The highest BCUT2D eigenvalue weighted by molar-refractivity contribution is 5.96.